The first kappa shape index (κ1) is 18.0. The Hall–Kier alpha value is -1.76. The van der Waals surface area contributed by atoms with Crippen LogP contribution in [0.4, 0.5) is 4.39 Å². The van der Waals surface area contributed by atoms with Crippen molar-refractivity contribution < 1.29 is 17.5 Å². The van der Waals surface area contributed by atoms with Crippen molar-refractivity contribution >= 4 is 10.0 Å². The fourth-order valence-corrected chi connectivity index (χ4v) is 4.99. The van der Waals surface area contributed by atoms with Crippen molar-refractivity contribution in [1.29, 1.82) is 0 Å². The Labute approximate surface area is 148 Å². The summed E-state index contributed by atoms with van der Waals surface area (Å²) in [5, 5.41) is 0. The number of hydrogen-bond acceptors (Lipinski definition) is 3. The molecule has 0 aliphatic carbocycles. The molecule has 1 unspecified atom stereocenters. The summed E-state index contributed by atoms with van der Waals surface area (Å²) in [4.78, 5) is 0. The van der Waals surface area contributed by atoms with Crippen LogP contribution in [0.1, 0.15) is 31.1 Å². The summed E-state index contributed by atoms with van der Waals surface area (Å²) in [5.74, 6) is -0.532. The molecule has 1 aliphatic rings. The minimum absolute atomic E-state index is 0.155. The molecule has 25 heavy (non-hydrogen) atoms. The van der Waals surface area contributed by atoms with Gasteiger partial charge in [0.1, 0.15) is 5.82 Å². The average molecular weight is 363 g/mol. The predicted molar refractivity (Wildman–Crippen MR) is 94.9 cm³/mol. The Morgan fingerprint density at radius 1 is 1.12 bits per heavy atom. The molecule has 0 radical (unpaired) electrons. The number of benzene rings is 2. The summed E-state index contributed by atoms with van der Waals surface area (Å²) in [6.45, 7) is 4.29. The van der Waals surface area contributed by atoms with E-state index in [0.717, 1.165) is 5.56 Å². The Kier molecular flexibility index (Phi) is 4.95. The van der Waals surface area contributed by atoms with Gasteiger partial charge >= 0.3 is 0 Å². The molecule has 0 N–H and O–H groups in total. The molecular formula is C19H22FNO3S. The third-order valence-electron chi connectivity index (χ3n) is 4.41. The van der Waals surface area contributed by atoms with Crippen LogP contribution in [0.2, 0.25) is 0 Å². The number of sulfonamides is 1. The lowest BCUT2D eigenvalue weighted by Crippen LogP contribution is -2.56. The molecule has 0 bridgehead atoms. The van der Waals surface area contributed by atoms with Gasteiger partial charge in [-0.3, -0.25) is 0 Å². The minimum atomic E-state index is -3.57. The minimum Gasteiger partial charge on any atom is -0.370 e. The molecule has 4 nitrogen and oxygen atoms in total. The summed E-state index contributed by atoms with van der Waals surface area (Å²) < 4.78 is 46.5. The van der Waals surface area contributed by atoms with E-state index < -0.39 is 15.6 Å². The molecule has 6 heteroatoms. The molecule has 1 atom stereocenters. The lowest BCUT2D eigenvalue weighted by molar-refractivity contribution is -0.0655. The summed E-state index contributed by atoms with van der Waals surface area (Å²) in [6.07, 6.45) is -0.294. The smallest absolute Gasteiger partial charge is 0.218 e. The third-order valence-corrected chi connectivity index (χ3v) is 6.43. The maximum Gasteiger partial charge on any atom is 0.218 e. The zero-order valence-electron chi connectivity index (χ0n) is 14.4. The normalized spacial score (nSPS) is 21.2. The standard InChI is InChI=1S/C19H22FNO3S/c1-19(2)14-24-18(16-6-4-3-5-7-16)12-21(19)25(22,23)13-15-8-10-17(20)11-9-15/h3-11,18H,12-14H2,1-2H3. The SMILES string of the molecule is CC1(C)COC(c2ccccc2)CN1S(=O)(=O)Cc1ccc(F)cc1. The molecule has 1 fully saturated rings. The molecule has 0 aromatic heterocycles. The zero-order valence-corrected chi connectivity index (χ0v) is 15.2. The fraction of sp³-hybridized carbons (Fsp3) is 0.368. The van der Waals surface area contributed by atoms with Crippen LogP contribution in [0.3, 0.4) is 0 Å². The Balaban J connectivity index is 1.84. The van der Waals surface area contributed by atoms with Gasteiger partial charge in [-0.2, -0.15) is 4.31 Å². The zero-order chi connectivity index (χ0) is 18.1. The van der Waals surface area contributed by atoms with Crippen molar-refractivity contribution in [1.82, 2.24) is 4.31 Å². The number of morpholine rings is 1. The van der Waals surface area contributed by atoms with Crippen molar-refractivity contribution in [2.75, 3.05) is 13.2 Å². The average Bonchev–Trinajstić information content (AvgIpc) is 2.57. The van der Waals surface area contributed by atoms with Crippen molar-refractivity contribution in [2.45, 2.75) is 31.2 Å². The van der Waals surface area contributed by atoms with Gasteiger partial charge in [-0.15, -0.1) is 0 Å². The van der Waals surface area contributed by atoms with E-state index in [1.54, 1.807) is 0 Å². The van der Waals surface area contributed by atoms with Gasteiger partial charge in [0, 0.05) is 6.54 Å². The molecule has 1 heterocycles. The molecule has 0 saturated carbocycles. The van der Waals surface area contributed by atoms with E-state index in [1.165, 1.54) is 28.6 Å². The number of ether oxygens (including phenoxy) is 1. The highest BCUT2D eigenvalue weighted by Crippen LogP contribution is 2.33. The van der Waals surface area contributed by atoms with Gasteiger partial charge in [-0.05, 0) is 37.1 Å². The van der Waals surface area contributed by atoms with Gasteiger partial charge in [0.25, 0.3) is 0 Å². The van der Waals surface area contributed by atoms with Crippen LogP contribution in [0.25, 0.3) is 0 Å². The van der Waals surface area contributed by atoms with Crippen LogP contribution in [0, 0.1) is 5.82 Å². The highest BCUT2D eigenvalue weighted by atomic mass is 32.2. The Morgan fingerprint density at radius 2 is 1.76 bits per heavy atom. The van der Waals surface area contributed by atoms with Gasteiger partial charge in [0.15, 0.2) is 0 Å². The van der Waals surface area contributed by atoms with Crippen LogP contribution >= 0.6 is 0 Å². The van der Waals surface area contributed by atoms with E-state index in [9.17, 15) is 12.8 Å². The molecule has 0 spiro atoms. The lowest BCUT2D eigenvalue weighted by Gasteiger charge is -2.44. The third kappa shape index (κ3) is 4.08. The highest BCUT2D eigenvalue weighted by Gasteiger charge is 2.42. The second-order valence-corrected chi connectivity index (χ2v) is 8.83. The predicted octanol–water partition coefficient (Wildman–Crippen LogP) is 3.51. The van der Waals surface area contributed by atoms with E-state index in [4.69, 9.17) is 4.74 Å². The Bertz CT molecular complexity index is 820. The molecular weight excluding hydrogens is 341 g/mol. The molecule has 3 rings (SSSR count). The first-order chi connectivity index (χ1) is 11.8. The largest absolute Gasteiger partial charge is 0.370 e. The van der Waals surface area contributed by atoms with Gasteiger partial charge in [-0.25, -0.2) is 12.8 Å². The number of halogens is 1. The number of rotatable bonds is 4. The summed E-state index contributed by atoms with van der Waals surface area (Å²) in [7, 11) is -3.57. The van der Waals surface area contributed by atoms with E-state index in [2.05, 4.69) is 0 Å². The molecule has 1 aliphatic heterocycles. The van der Waals surface area contributed by atoms with E-state index >= 15 is 0 Å². The number of nitrogens with zero attached hydrogens (tertiary/aromatic N) is 1. The van der Waals surface area contributed by atoms with E-state index in [1.807, 2.05) is 44.2 Å². The van der Waals surface area contributed by atoms with Gasteiger partial charge in [0.05, 0.1) is 24.0 Å². The van der Waals surface area contributed by atoms with Crippen molar-refractivity contribution in [3.63, 3.8) is 0 Å². The lowest BCUT2D eigenvalue weighted by atomic mass is 10.0. The second kappa shape index (κ2) is 6.86. The van der Waals surface area contributed by atoms with E-state index in [0.29, 0.717) is 12.2 Å². The van der Waals surface area contributed by atoms with Crippen LogP contribution in [0.15, 0.2) is 54.6 Å². The Morgan fingerprint density at radius 3 is 2.40 bits per heavy atom. The molecule has 2 aromatic carbocycles. The van der Waals surface area contributed by atoms with Crippen molar-refractivity contribution in [3.8, 4) is 0 Å². The quantitative estimate of drug-likeness (QED) is 0.835. The van der Waals surface area contributed by atoms with Crippen molar-refractivity contribution in [2.24, 2.45) is 0 Å². The van der Waals surface area contributed by atoms with Crippen LogP contribution < -0.4 is 0 Å². The van der Waals surface area contributed by atoms with Crippen LogP contribution in [-0.2, 0) is 20.5 Å². The topological polar surface area (TPSA) is 46.6 Å². The highest BCUT2D eigenvalue weighted by molar-refractivity contribution is 7.88. The molecule has 2 aromatic rings. The van der Waals surface area contributed by atoms with Gasteiger partial charge in [-0.1, -0.05) is 42.5 Å². The molecule has 134 valence electrons. The van der Waals surface area contributed by atoms with Gasteiger partial charge in [0.2, 0.25) is 10.0 Å². The summed E-state index contributed by atoms with van der Waals surface area (Å²) >= 11 is 0. The van der Waals surface area contributed by atoms with E-state index in [-0.39, 0.29) is 24.2 Å². The van der Waals surface area contributed by atoms with Crippen LogP contribution in [-0.4, -0.2) is 31.4 Å². The first-order valence-electron chi connectivity index (χ1n) is 8.19. The molecule has 0 amide bonds. The van der Waals surface area contributed by atoms with Crippen molar-refractivity contribution in [3.05, 3.63) is 71.5 Å². The summed E-state index contributed by atoms with van der Waals surface area (Å²) in [6, 6.07) is 15.2. The number of hydrogen-bond donors (Lipinski definition) is 0. The maximum absolute atomic E-state index is 13.1. The second-order valence-electron chi connectivity index (χ2n) is 6.94. The molecule has 1 saturated heterocycles. The van der Waals surface area contributed by atoms with Gasteiger partial charge < -0.3 is 4.74 Å². The first-order valence-corrected chi connectivity index (χ1v) is 9.80. The summed E-state index contributed by atoms with van der Waals surface area (Å²) in [5.41, 5.74) is 0.893. The fourth-order valence-electron chi connectivity index (χ4n) is 3.06. The maximum atomic E-state index is 13.1. The monoisotopic (exact) mass is 363 g/mol. The van der Waals surface area contributed by atoms with Crippen LogP contribution in [0.5, 0.6) is 0 Å².